The molecule has 2 atom stereocenters. The molecular formula is C11H20N4O. The van der Waals surface area contributed by atoms with Crippen LogP contribution in [-0.4, -0.2) is 43.7 Å². The SMILES string of the molecule is CC(O)CC1CCCN1Cc1cnnn1C. The molecule has 5 heteroatoms. The molecule has 0 spiro atoms. The van der Waals surface area contributed by atoms with Crippen LogP contribution in [0.1, 0.15) is 31.9 Å². The van der Waals surface area contributed by atoms with Crippen LogP contribution in [0.15, 0.2) is 6.20 Å². The smallest absolute Gasteiger partial charge is 0.0738 e. The van der Waals surface area contributed by atoms with Crippen LogP contribution < -0.4 is 0 Å². The van der Waals surface area contributed by atoms with Crippen molar-refractivity contribution in [2.24, 2.45) is 7.05 Å². The number of nitrogens with zero attached hydrogens (tertiary/aromatic N) is 4. The minimum absolute atomic E-state index is 0.213. The van der Waals surface area contributed by atoms with Crippen LogP contribution in [-0.2, 0) is 13.6 Å². The fourth-order valence-corrected chi connectivity index (χ4v) is 2.43. The fourth-order valence-electron chi connectivity index (χ4n) is 2.43. The van der Waals surface area contributed by atoms with Crippen LogP contribution in [0.4, 0.5) is 0 Å². The molecular weight excluding hydrogens is 204 g/mol. The topological polar surface area (TPSA) is 54.2 Å². The molecule has 1 N–H and O–H groups in total. The van der Waals surface area contributed by atoms with Gasteiger partial charge in [0.15, 0.2) is 0 Å². The summed E-state index contributed by atoms with van der Waals surface area (Å²) in [6.07, 6.45) is 4.89. The number of likely N-dealkylation sites (tertiary alicyclic amines) is 1. The van der Waals surface area contributed by atoms with Gasteiger partial charge in [0.05, 0.1) is 18.0 Å². The quantitative estimate of drug-likeness (QED) is 0.811. The van der Waals surface area contributed by atoms with E-state index in [1.54, 1.807) is 0 Å². The highest BCUT2D eigenvalue weighted by Crippen LogP contribution is 2.23. The lowest BCUT2D eigenvalue weighted by Gasteiger charge is -2.25. The first kappa shape index (κ1) is 11.5. The predicted molar refractivity (Wildman–Crippen MR) is 60.7 cm³/mol. The van der Waals surface area contributed by atoms with E-state index in [9.17, 15) is 5.11 Å². The predicted octanol–water partition coefficient (Wildman–Crippen LogP) is 0.550. The highest BCUT2D eigenvalue weighted by Gasteiger charge is 2.26. The van der Waals surface area contributed by atoms with Crippen molar-refractivity contribution in [3.05, 3.63) is 11.9 Å². The average Bonchev–Trinajstić information content (AvgIpc) is 2.78. The Morgan fingerprint density at radius 2 is 2.44 bits per heavy atom. The van der Waals surface area contributed by atoms with Gasteiger partial charge in [-0.1, -0.05) is 5.21 Å². The van der Waals surface area contributed by atoms with Crippen LogP contribution in [0.5, 0.6) is 0 Å². The maximum atomic E-state index is 9.45. The van der Waals surface area contributed by atoms with Crippen molar-refractivity contribution in [1.29, 1.82) is 0 Å². The number of rotatable bonds is 4. The van der Waals surface area contributed by atoms with E-state index in [1.807, 2.05) is 24.9 Å². The molecule has 0 saturated carbocycles. The van der Waals surface area contributed by atoms with Gasteiger partial charge in [-0.15, -0.1) is 5.10 Å². The normalized spacial score (nSPS) is 23.8. The van der Waals surface area contributed by atoms with Gasteiger partial charge >= 0.3 is 0 Å². The zero-order chi connectivity index (χ0) is 11.5. The highest BCUT2D eigenvalue weighted by atomic mass is 16.3. The fraction of sp³-hybridized carbons (Fsp3) is 0.818. The number of aromatic nitrogens is 3. The molecule has 1 fully saturated rings. The molecule has 16 heavy (non-hydrogen) atoms. The summed E-state index contributed by atoms with van der Waals surface area (Å²) in [5.74, 6) is 0. The van der Waals surface area contributed by atoms with E-state index in [1.165, 1.54) is 12.8 Å². The minimum atomic E-state index is -0.213. The van der Waals surface area contributed by atoms with Gasteiger partial charge in [-0.05, 0) is 32.7 Å². The third-order valence-electron chi connectivity index (χ3n) is 3.29. The molecule has 0 amide bonds. The molecule has 90 valence electrons. The first-order valence-corrected chi connectivity index (χ1v) is 5.92. The van der Waals surface area contributed by atoms with Crippen molar-refractivity contribution in [2.75, 3.05) is 6.54 Å². The molecule has 1 aliphatic heterocycles. The van der Waals surface area contributed by atoms with Gasteiger partial charge in [0.25, 0.3) is 0 Å². The van der Waals surface area contributed by atoms with Crippen molar-refractivity contribution in [3.8, 4) is 0 Å². The van der Waals surface area contributed by atoms with Crippen LogP contribution in [0.3, 0.4) is 0 Å². The van der Waals surface area contributed by atoms with Gasteiger partial charge in [-0.2, -0.15) is 0 Å². The summed E-state index contributed by atoms with van der Waals surface area (Å²) in [5.41, 5.74) is 1.14. The third kappa shape index (κ3) is 2.59. The number of aryl methyl sites for hydroxylation is 1. The maximum Gasteiger partial charge on any atom is 0.0738 e. The van der Waals surface area contributed by atoms with Gasteiger partial charge in [0, 0.05) is 19.6 Å². The van der Waals surface area contributed by atoms with Crippen molar-refractivity contribution in [3.63, 3.8) is 0 Å². The number of aliphatic hydroxyl groups excluding tert-OH is 1. The second kappa shape index (κ2) is 4.93. The summed E-state index contributed by atoms with van der Waals surface area (Å²) >= 11 is 0. The summed E-state index contributed by atoms with van der Waals surface area (Å²) in [5, 5.41) is 17.3. The van der Waals surface area contributed by atoms with Gasteiger partial charge in [-0.3, -0.25) is 9.58 Å². The first-order valence-electron chi connectivity index (χ1n) is 5.92. The molecule has 0 bridgehead atoms. The highest BCUT2D eigenvalue weighted by molar-refractivity contribution is 4.95. The maximum absolute atomic E-state index is 9.45. The number of hydrogen-bond donors (Lipinski definition) is 1. The Balaban J connectivity index is 1.96. The van der Waals surface area contributed by atoms with Crippen LogP contribution in [0.25, 0.3) is 0 Å². The Kier molecular flexibility index (Phi) is 3.56. The van der Waals surface area contributed by atoms with Crippen molar-refractivity contribution in [1.82, 2.24) is 19.9 Å². The van der Waals surface area contributed by atoms with Gasteiger partial charge in [0.2, 0.25) is 0 Å². The molecule has 2 unspecified atom stereocenters. The second-order valence-electron chi connectivity index (χ2n) is 4.70. The van der Waals surface area contributed by atoms with E-state index in [-0.39, 0.29) is 6.10 Å². The molecule has 2 heterocycles. The summed E-state index contributed by atoms with van der Waals surface area (Å²) in [6, 6.07) is 0.509. The van der Waals surface area contributed by atoms with E-state index in [4.69, 9.17) is 0 Å². The molecule has 2 rings (SSSR count). The lowest BCUT2D eigenvalue weighted by molar-refractivity contribution is 0.129. The Morgan fingerprint density at radius 3 is 3.06 bits per heavy atom. The summed E-state index contributed by atoms with van der Waals surface area (Å²) in [4.78, 5) is 2.42. The molecule has 0 aromatic carbocycles. The number of hydrogen-bond acceptors (Lipinski definition) is 4. The minimum Gasteiger partial charge on any atom is -0.393 e. The number of aliphatic hydroxyl groups is 1. The zero-order valence-corrected chi connectivity index (χ0v) is 10.0. The van der Waals surface area contributed by atoms with E-state index in [0.717, 1.165) is 25.2 Å². The molecule has 5 nitrogen and oxygen atoms in total. The molecule has 0 aliphatic carbocycles. The lowest BCUT2D eigenvalue weighted by atomic mass is 10.1. The molecule has 1 aromatic rings. The lowest BCUT2D eigenvalue weighted by Crippen LogP contribution is -2.32. The van der Waals surface area contributed by atoms with Crippen molar-refractivity contribution >= 4 is 0 Å². The van der Waals surface area contributed by atoms with E-state index < -0.39 is 0 Å². The summed E-state index contributed by atoms with van der Waals surface area (Å²) < 4.78 is 1.82. The standard InChI is InChI=1S/C11H20N4O/c1-9(16)6-10-4-3-5-15(10)8-11-7-12-13-14(11)2/h7,9-10,16H,3-6,8H2,1-2H3. The zero-order valence-electron chi connectivity index (χ0n) is 10.0. The average molecular weight is 224 g/mol. The van der Waals surface area contributed by atoms with Gasteiger partial charge in [-0.25, -0.2) is 0 Å². The monoisotopic (exact) mass is 224 g/mol. The van der Waals surface area contributed by atoms with Crippen molar-refractivity contribution < 1.29 is 5.11 Å². The molecule has 1 saturated heterocycles. The van der Waals surface area contributed by atoms with Crippen LogP contribution >= 0.6 is 0 Å². The van der Waals surface area contributed by atoms with Gasteiger partial charge in [0.1, 0.15) is 0 Å². The second-order valence-corrected chi connectivity index (χ2v) is 4.70. The van der Waals surface area contributed by atoms with E-state index in [2.05, 4.69) is 15.2 Å². The molecule has 1 aliphatic rings. The Bertz CT molecular complexity index is 336. The van der Waals surface area contributed by atoms with Gasteiger partial charge < -0.3 is 5.11 Å². The van der Waals surface area contributed by atoms with E-state index >= 15 is 0 Å². The van der Waals surface area contributed by atoms with Crippen molar-refractivity contribution in [2.45, 2.75) is 44.9 Å². The Morgan fingerprint density at radius 1 is 1.62 bits per heavy atom. The summed E-state index contributed by atoms with van der Waals surface area (Å²) in [7, 11) is 1.92. The molecule has 1 aromatic heterocycles. The van der Waals surface area contributed by atoms with Crippen LogP contribution in [0.2, 0.25) is 0 Å². The van der Waals surface area contributed by atoms with E-state index in [0.29, 0.717) is 6.04 Å². The summed E-state index contributed by atoms with van der Waals surface area (Å²) in [6.45, 7) is 3.87. The Labute approximate surface area is 96.1 Å². The largest absolute Gasteiger partial charge is 0.393 e. The third-order valence-corrected chi connectivity index (χ3v) is 3.29. The van der Waals surface area contributed by atoms with Crippen LogP contribution in [0, 0.1) is 0 Å². The molecule has 0 radical (unpaired) electrons. The Hall–Kier alpha value is -0.940. The first-order chi connectivity index (χ1) is 7.66.